The normalized spacial score (nSPS) is 18.7. The largest absolute Gasteiger partial charge is 0.460 e. The number of rotatable bonds is 41. The number of aliphatic hydroxyl groups is 3. The molecule has 0 aromatic carbocycles. The van der Waals surface area contributed by atoms with Gasteiger partial charge < -0.3 is 50.4 Å². The van der Waals surface area contributed by atoms with Gasteiger partial charge in [-0.2, -0.15) is 0 Å². The predicted octanol–water partition coefficient (Wildman–Crippen LogP) is 10.8. The molecule has 420 valence electrons. The zero-order valence-corrected chi connectivity index (χ0v) is 46.7. The Morgan fingerprint density at radius 3 is 1.51 bits per heavy atom. The molecule has 0 saturated carbocycles. The summed E-state index contributed by atoms with van der Waals surface area (Å²) in [5, 5.41) is 40.2. The van der Waals surface area contributed by atoms with Crippen molar-refractivity contribution in [1.82, 2.24) is 20.9 Å². The summed E-state index contributed by atoms with van der Waals surface area (Å²) in [5.74, 6) is -2.66. The molecule has 1 saturated heterocycles. The average molecular weight is 1020 g/mol. The maximum Gasteiger partial charge on any atom is 0.408 e. The Morgan fingerprint density at radius 1 is 0.611 bits per heavy atom. The van der Waals surface area contributed by atoms with Crippen LogP contribution in [0.2, 0.25) is 0 Å². The lowest BCUT2D eigenvalue weighted by Crippen LogP contribution is -2.69. The van der Waals surface area contributed by atoms with Crippen LogP contribution in [0.15, 0.2) is 12.2 Å². The minimum Gasteiger partial charge on any atom is -0.460 e. The number of ether oxygens (including phenoxy) is 3. The molecule has 4 amide bonds. The van der Waals surface area contributed by atoms with E-state index in [1.165, 1.54) is 114 Å². The lowest BCUT2D eigenvalue weighted by atomic mass is 9.94. The molecule has 1 heterocycles. The lowest BCUT2D eigenvalue weighted by Gasteiger charge is -2.47. The molecule has 72 heavy (non-hydrogen) atoms. The van der Waals surface area contributed by atoms with E-state index < -0.39 is 91.3 Å². The van der Waals surface area contributed by atoms with E-state index >= 15 is 0 Å². The molecule has 6 N–H and O–H groups in total. The Kier molecular flexibility index (Phi) is 37.2. The third-order valence-electron chi connectivity index (χ3n) is 13.0. The molecule has 0 radical (unpaired) electrons. The summed E-state index contributed by atoms with van der Waals surface area (Å²) in [6.45, 7) is 13.4. The summed E-state index contributed by atoms with van der Waals surface area (Å²) < 4.78 is 16.8. The van der Waals surface area contributed by atoms with Gasteiger partial charge in [-0.15, -0.1) is 0 Å². The third kappa shape index (κ3) is 33.5. The zero-order valence-electron chi connectivity index (χ0n) is 46.7. The molecule has 15 nitrogen and oxygen atoms in total. The smallest absolute Gasteiger partial charge is 0.408 e. The summed E-state index contributed by atoms with van der Waals surface area (Å²) in [4.78, 5) is 68.2. The van der Waals surface area contributed by atoms with Crippen molar-refractivity contribution in [3.05, 3.63) is 12.2 Å². The molecule has 1 aliphatic heterocycles. The third-order valence-corrected chi connectivity index (χ3v) is 13.0. The van der Waals surface area contributed by atoms with Crippen LogP contribution in [0.25, 0.3) is 0 Å². The van der Waals surface area contributed by atoms with E-state index in [1.807, 2.05) is 0 Å². The molecule has 1 rings (SSSR count). The van der Waals surface area contributed by atoms with E-state index in [0.29, 0.717) is 12.8 Å². The van der Waals surface area contributed by atoms with E-state index in [4.69, 9.17) is 14.2 Å². The number of unbranched alkanes of at least 4 members (excludes halogenated alkanes) is 26. The quantitative estimate of drug-likeness (QED) is 0.0193. The Hall–Kier alpha value is -3.27. The predicted molar refractivity (Wildman–Crippen MR) is 287 cm³/mol. The highest BCUT2D eigenvalue weighted by Crippen LogP contribution is 2.26. The highest BCUT2D eigenvalue weighted by molar-refractivity contribution is 5.92. The summed E-state index contributed by atoms with van der Waals surface area (Å²) >= 11 is 0. The van der Waals surface area contributed by atoms with Gasteiger partial charge in [0.25, 0.3) is 0 Å². The highest BCUT2D eigenvalue weighted by Gasteiger charge is 2.48. The van der Waals surface area contributed by atoms with Gasteiger partial charge in [-0.05, 0) is 80.1 Å². The molecule has 0 bridgehead atoms. The van der Waals surface area contributed by atoms with Gasteiger partial charge in [-0.3, -0.25) is 19.2 Å². The lowest BCUT2D eigenvalue weighted by molar-refractivity contribution is -0.231. The average Bonchev–Trinajstić information content (AvgIpc) is 3.30. The van der Waals surface area contributed by atoms with Crippen LogP contribution in [0, 0.1) is 0 Å². The van der Waals surface area contributed by atoms with Crippen LogP contribution in [0.1, 0.15) is 254 Å². The Bertz CT molecular complexity index is 1450. The van der Waals surface area contributed by atoms with Gasteiger partial charge in [0.1, 0.15) is 41.6 Å². The first-order chi connectivity index (χ1) is 34.3. The van der Waals surface area contributed by atoms with Crippen molar-refractivity contribution in [1.29, 1.82) is 0 Å². The Balaban J connectivity index is 3.00. The van der Waals surface area contributed by atoms with E-state index in [2.05, 4.69) is 41.9 Å². The second-order valence-electron chi connectivity index (χ2n) is 22.3. The number of allylic oxidation sites excluding steroid dienone is 2. The fraction of sp³-hybridized carbons (Fsp3) is 0.877. The van der Waals surface area contributed by atoms with Crippen LogP contribution >= 0.6 is 0 Å². The molecule has 0 spiro atoms. The second-order valence-corrected chi connectivity index (χ2v) is 22.3. The minimum absolute atomic E-state index is 0.218. The highest BCUT2D eigenvalue weighted by atomic mass is 16.6. The molecular formula is C57H106N4O11. The van der Waals surface area contributed by atoms with Gasteiger partial charge in [0.2, 0.25) is 17.7 Å². The first kappa shape index (κ1) is 66.7. The molecule has 0 unspecified atom stereocenters. The first-order valence-electron chi connectivity index (χ1n) is 28.7. The fourth-order valence-corrected chi connectivity index (χ4v) is 8.97. The molecule has 0 aliphatic carbocycles. The number of esters is 1. The SMILES string of the molecule is CCCCCCCC/C=C\CCCCCCCC(=O)N(CCCCCCCCCCCCCCCCCC)[C@@H]1O[C@H](CO)[C@@H](O)[C@H](O)[C@H]1NC(=O)CNC(=O)[C@H](CC(=O)OC(C)(C)C)NC(=O)OC(C)(C)C. The van der Waals surface area contributed by atoms with Crippen molar-refractivity contribution >= 4 is 29.8 Å². The Labute approximate surface area is 436 Å². The monoisotopic (exact) mass is 1020 g/mol. The summed E-state index contributed by atoms with van der Waals surface area (Å²) in [6.07, 6.45) is 31.4. The van der Waals surface area contributed by atoms with Crippen LogP contribution in [0.3, 0.4) is 0 Å². The van der Waals surface area contributed by atoms with E-state index in [-0.39, 0.29) is 18.9 Å². The van der Waals surface area contributed by atoms with Crippen LogP contribution in [0.4, 0.5) is 4.79 Å². The number of hydrogen-bond donors (Lipinski definition) is 6. The van der Waals surface area contributed by atoms with Gasteiger partial charge in [0, 0.05) is 13.0 Å². The molecule has 0 aromatic heterocycles. The van der Waals surface area contributed by atoms with Gasteiger partial charge in [-0.25, -0.2) is 4.79 Å². The number of aliphatic hydroxyl groups excluding tert-OH is 3. The molecule has 1 fully saturated rings. The number of nitrogens with one attached hydrogen (secondary N) is 3. The van der Waals surface area contributed by atoms with Crippen molar-refractivity contribution in [2.75, 3.05) is 19.7 Å². The number of carbonyl (C=O) groups is 5. The fourth-order valence-electron chi connectivity index (χ4n) is 8.97. The topological polar surface area (TPSA) is 213 Å². The maximum atomic E-state index is 14.2. The molecule has 15 heteroatoms. The van der Waals surface area contributed by atoms with Crippen molar-refractivity contribution < 1.29 is 53.5 Å². The number of carbonyl (C=O) groups excluding carboxylic acids is 5. The summed E-state index contributed by atoms with van der Waals surface area (Å²) in [5.41, 5.74) is -1.77. The van der Waals surface area contributed by atoms with Crippen molar-refractivity contribution in [2.45, 2.75) is 302 Å². The zero-order chi connectivity index (χ0) is 53.6. The van der Waals surface area contributed by atoms with E-state index in [1.54, 1.807) is 41.5 Å². The number of nitrogens with zero attached hydrogens (tertiary/aromatic N) is 1. The van der Waals surface area contributed by atoms with Crippen molar-refractivity contribution in [3.8, 4) is 0 Å². The molecule has 0 aromatic rings. The summed E-state index contributed by atoms with van der Waals surface area (Å²) in [6, 6.07) is -2.79. The standard InChI is InChI=1S/C57H106N4O11/c1-9-11-13-15-17-19-21-23-25-27-29-31-33-35-37-39-41-61(48(64)40-38-36-34-32-30-28-26-24-22-20-18-16-14-12-10-2)54-50(52(67)51(66)46(44-62)70-54)60-47(63)43-58-53(68)45(42-49(65)71-56(3,4)5)59-55(69)72-57(6,7)8/h24,26,45-46,50-52,54,62,66-67H,9-23,25,27-44H2,1-8H3,(H,58,68)(H,59,69)(H,60,63)/b26-24-/t45-,46+,50+,51+,52+,54+/m0/s1. The van der Waals surface area contributed by atoms with Gasteiger partial charge in [-0.1, -0.05) is 174 Å². The van der Waals surface area contributed by atoms with Crippen LogP contribution < -0.4 is 16.0 Å². The first-order valence-corrected chi connectivity index (χ1v) is 28.7. The van der Waals surface area contributed by atoms with Crippen molar-refractivity contribution in [2.24, 2.45) is 0 Å². The van der Waals surface area contributed by atoms with Gasteiger partial charge >= 0.3 is 12.1 Å². The number of hydrogen-bond acceptors (Lipinski definition) is 11. The van der Waals surface area contributed by atoms with E-state index in [0.717, 1.165) is 64.2 Å². The molecule has 6 atom stereocenters. The molecular weight excluding hydrogens is 917 g/mol. The van der Waals surface area contributed by atoms with Crippen LogP contribution in [-0.4, -0.2) is 118 Å². The van der Waals surface area contributed by atoms with Gasteiger partial charge in [0.15, 0.2) is 6.23 Å². The molecule has 1 aliphatic rings. The van der Waals surface area contributed by atoms with Crippen LogP contribution in [-0.2, 0) is 33.4 Å². The van der Waals surface area contributed by atoms with Crippen LogP contribution in [0.5, 0.6) is 0 Å². The van der Waals surface area contributed by atoms with Crippen molar-refractivity contribution in [3.63, 3.8) is 0 Å². The van der Waals surface area contributed by atoms with E-state index in [9.17, 15) is 39.3 Å². The summed E-state index contributed by atoms with van der Waals surface area (Å²) in [7, 11) is 0. The number of amides is 4. The minimum atomic E-state index is -1.64. The van der Waals surface area contributed by atoms with Gasteiger partial charge in [0.05, 0.1) is 19.6 Å². The Morgan fingerprint density at radius 2 is 1.06 bits per heavy atom. The number of alkyl carbamates (subject to hydrolysis) is 1. The second kappa shape index (κ2) is 40.1. The maximum absolute atomic E-state index is 14.2.